The smallest absolute Gasteiger partial charge is 0.288 e. The number of hydrogen-bond acceptors (Lipinski definition) is 2. The summed E-state index contributed by atoms with van der Waals surface area (Å²) in [6.45, 7) is 0. The first-order chi connectivity index (χ1) is 8.63. The van der Waals surface area contributed by atoms with Crippen LogP contribution in [0.2, 0.25) is 10.0 Å². The number of rotatable bonds is 2. The Morgan fingerprint density at radius 2 is 1.78 bits per heavy atom. The molecule has 0 radical (unpaired) electrons. The van der Waals surface area contributed by atoms with Gasteiger partial charge in [-0.15, -0.1) is 0 Å². The third-order valence-electron chi connectivity index (χ3n) is 2.43. The van der Waals surface area contributed by atoms with Crippen molar-refractivity contribution in [1.82, 2.24) is 0 Å². The van der Waals surface area contributed by atoms with Crippen LogP contribution < -0.4 is 0 Å². The summed E-state index contributed by atoms with van der Waals surface area (Å²) in [5, 5.41) is 9.60. The average Bonchev–Trinajstić information content (AvgIpc) is 2.38. The van der Waals surface area contributed by atoms with Gasteiger partial charge < -0.3 is 0 Å². The summed E-state index contributed by atoms with van der Waals surface area (Å²) in [7, 11) is 0. The summed E-state index contributed by atoms with van der Waals surface area (Å²) in [6, 6.07) is 11.1. The van der Waals surface area contributed by atoms with Crippen LogP contribution in [0.25, 0.3) is 4.98 Å². The minimum Gasteiger partial charge on any atom is -0.288 e. The first-order valence-electron chi connectivity index (χ1n) is 5.07. The van der Waals surface area contributed by atoms with Crippen LogP contribution >= 0.6 is 23.2 Å². The maximum atomic E-state index is 12.3. The Balaban J connectivity index is 2.57. The van der Waals surface area contributed by atoms with Gasteiger partial charge in [0.15, 0.2) is 4.98 Å². The summed E-state index contributed by atoms with van der Waals surface area (Å²) in [5.74, 6) is -0.337. The molecule has 2 aromatic rings. The van der Waals surface area contributed by atoms with Crippen molar-refractivity contribution < 1.29 is 4.79 Å². The number of ketones is 1. The average molecular weight is 278 g/mol. The van der Waals surface area contributed by atoms with Gasteiger partial charge in [-0.25, -0.2) is 0 Å². The maximum absolute atomic E-state index is 12.3. The second kappa shape index (κ2) is 5.18. The molecule has 0 N–H and O–H groups in total. The second-order valence-electron chi connectivity index (χ2n) is 3.57. The highest BCUT2D eigenvalue weighted by molar-refractivity contribution is 6.35. The molecule has 3 nitrogen and oxygen atoms in total. The molecule has 2 rings (SSSR count). The Labute approximate surface area is 114 Å². The summed E-state index contributed by atoms with van der Waals surface area (Å²) in [4.78, 5) is 15.4. The van der Waals surface area contributed by atoms with Gasteiger partial charge in [0.1, 0.15) is 5.56 Å². The van der Waals surface area contributed by atoms with Crippen LogP contribution in [0.3, 0.4) is 0 Å². The molecule has 5 heteroatoms. The van der Waals surface area contributed by atoms with Crippen LogP contribution in [-0.4, -0.2) is 5.78 Å². The Bertz CT molecular complexity index is 662. The fourth-order valence-corrected chi connectivity index (χ4v) is 1.96. The molecule has 0 fully saturated rings. The van der Waals surface area contributed by atoms with E-state index >= 15 is 0 Å². The molecule has 0 aliphatic rings. The first-order valence-corrected chi connectivity index (χ1v) is 5.83. The van der Waals surface area contributed by atoms with Crippen molar-refractivity contribution >= 4 is 34.7 Å². The minimum atomic E-state index is -0.337. The van der Waals surface area contributed by atoms with Gasteiger partial charge in [-0.1, -0.05) is 35.3 Å². The molecule has 0 unspecified atom stereocenters. The van der Waals surface area contributed by atoms with E-state index in [1.165, 1.54) is 12.1 Å². The molecule has 0 heterocycles. The quantitative estimate of drug-likeness (QED) is 0.590. The van der Waals surface area contributed by atoms with Crippen molar-refractivity contribution in [1.29, 1.82) is 5.39 Å². The molecule has 18 heavy (non-hydrogen) atoms. The number of nitrogens with zero attached hydrogens (tertiary/aromatic N) is 2. The lowest BCUT2D eigenvalue weighted by atomic mass is 10.0. The number of halogens is 2. The molecule has 0 saturated carbocycles. The minimum absolute atomic E-state index is 0.157. The molecule has 0 spiro atoms. The van der Waals surface area contributed by atoms with Crippen molar-refractivity contribution in [2.75, 3.05) is 0 Å². The highest BCUT2D eigenvalue weighted by atomic mass is 35.5. The van der Waals surface area contributed by atoms with Gasteiger partial charge in [-0.3, -0.25) is 4.79 Å². The molecule has 0 aromatic heterocycles. The number of diazo groups is 1. The van der Waals surface area contributed by atoms with Crippen molar-refractivity contribution in [3.63, 3.8) is 0 Å². The predicted molar refractivity (Wildman–Crippen MR) is 71.1 cm³/mol. The zero-order valence-corrected chi connectivity index (χ0v) is 10.6. The molecule has 0 saturated heterocycles. The summed E-state index contributed by atoms with van der Waals surface area (Å²) in [6.07, 6.45) is 0. The Kier molecular flexibility index (Phi) is 3.61. The van der Waals surface area contributed by atoms with E-state index in [-0.39, 0.29) is 17.0 Å². The third-order valence-corrected chi connectivity index (χ3v) is 2.99. The van der Waals surface area contributed by atoms with Crippen LogP contribution in [0.15, 0.2) is 42.5 Å². The van der Waals surface area contributed by atoms with E-state index < -0.39 is 0 Å². The lowest BCUT2D eigenvalue weighted by Gasteiger charge is -2.01. The van der Waals surface area contributed by atoms with Crippen molar-refractivity contribution in [3.8, 4) is 0 Å². The van der Waals surface area contributed by atoms with E-state index in [1.807, 2.05) is 0 Å². The van der Waals surface area contributed by atoms with Crippen molar-refractivity contribution in [2.45, 2.75) is 0 Å². The molecule has 0 atom stereocenters. The van der Waals surface area contributed by atoms with Gasteiger partial charge in [0.25, 0.3) is 0 Å². The van der Waals surface area contributed by atoms with Gasteiger partial charge in [-0.2, -0.15) is 0 Å². The van der Waals surface area contributed by atoms with Gasteiger partial charge in [-0.05, 0) is 24.3 Å². The van der Waals surface area contributed by atoms with E-state index in [1.54, 1.807) is 30.3 Å². The number of benzene rings is 2. The first kappa shape index (κ1) is 12.6. The fourth-order valence-electron chi connectivity index (χ4n) is 1.57. The van der Waals surface area contributed by atoms with Crippen LogP contribution in [0.4, 0.5) is 5.69 Å². The number of carbonyl (C=O) groups excluding carboxylic acids is 1. The van der Waals surface area contributed by atoms with E-state index in [0.717, 1.165) is 0 Å². The van der Waals surface area contributed by atoms with Crippen LogP contribution in [-0.2, 0) is 0 Å². The van der Waals surface area contributed by atoms with Crippen molar-refractivity contribution in [3.05, 3.63) is 68.6 Å². The van der Waals surface area contributed by atoms with Gasteiger partial charge >= 0.3 is 5.69 Å². The van der Waals surface area contributed by atoms with Crippen LogP contribution in [0.1, 0.15) is 15.9 Å². The highest BCUT2D eigenvalue weighted by Crippen LogP contribution is 2.28. The third kappa shape index (κ3) is 2.35. The lowest BCUT2D eigenvalue weighted by molar-refractivity contribution is 0.104. The fraction of sp³-hybridized carbons (Fsp3) is 0. The zero-order valence-electron chi connectivity index (χ0n) is 9.10. The molecule has 0 aliphatic heterocycles. The van der Waals surface area contributed by atoms with Gasteiger partial charge in [0, 0.05) is 16.7 Å². The van der Waals surface area contributed by atoms with E-state index in [4.69, 9.17) is 28.6 Å². The van der Waals surface area contributed by atoms with E-state index in [2.05, 4.69) is 4.98 Å². The van der Waals surface area contributed by atoms with Crippen molar-refractivity contribution in [2.24, 2.45) is 0 Å². The topological polar surface area (TPSA) is 45.2 Å². The SMILES string of the molecule is N#[N+]c1ccc(Cl)cc1C(=O)c1ccccc1Cl. The van der Waals surface area contributed by atoms with E-state index in [9.17, 15) is 4.79 Å². The number of carbonyl (C=O) groups is 1. The Morgan fingerprint density at radius 1 is 1.06 bits per heavy atom. The van der Waals surface area contributed by atoms with E-state index in [0.29, 0.717) is 15.6 Å². The largest absolute Gasteiger partial charge is 0.396 e. The molecule has 0 bridgehead atoms. The summed E-state index contributed by atoms with van der Waals surface area (Å²) < 4.78 is 0. The highest BCUT2D eigenvalue weighted by Gasteiger charge is 2.23. The molecule has 0 amide bonds. The van der Waals surface area contributed by atoms with Gasteiger partial charge in [0.05, 0.1) is 5.02 Å². The molecular formula is C13H7Cl2N2O+. The van der Waals surface area contributed by atoms with Crippen LogP contribution in [0.5, 0.6) is 0 Å². The zero-order chi connectivity index (χ0) is 13.1. The Morgan fingerprint density at radius 3 is 2.44 bits per heavy atom. The monoisotopic (exact) mass is 277 g/mol. The summed E-state index contributed by atoms with van der Waals surface area (Å²) >= 11 is 11.8. The number of hydrogen-bond donors (Lipinski definition) is 0. The molecule has 88 valence electrons. The summed E-state index contributed by atoms with van der Waals surface area (Å²) in [5.41, 5.74) is 0.703. The second-order valence-corrected chi connectivity index (χ2v) is 4.41. The maximum Gasteiger partial charge on any atom is 0.396 e. The standard InChI is InChI=1S/C13H7Cl2N2O/c14-8-5-6-12(17-16)10(7-8)13(18)9-3-1-2-4-11(9)15/h1-7H/q+1. The van der Waals surface area contributed by atoms with Crippen LogP contribution in [0, 0.1) is 5.39 Å². The predicted octanol–water partition coefficient (Wildman–Crippen LogP) is 4.71. The Hall–Kier alpha value is -1.89. The lowest BCUT2D eigenvalue weighted by Crippen LogP contribution is -2.02. The van der Waals surface area contributed by atoms with Gasteiger partial charge in [0.2, 0.25) is 11.2 Å². The molecule has 0 aliphatic carbocycles. The molecular weight excluding hydrogens is 271 g/mol. The normalized spacial score (nSPS) is 9.83. The molecule has 2 aromatic carbocycles.